The number of carbonyl (C=O) groups is 2. The Labute approximate surface area is 140 Å². The summed E-state index contributed by atoms with van der Waals surface area (Å²) in [4.78, 5) is 24.0. The highest BCUT2D eigenvalue weighted by molar-refractivity contribution is 6.11. The molecule has 126 valence electrons. The normalized spacial score (nSPS) is 15.8. The third kappa shape index (κ3) is 2.68. The second-order valence-corrected chi connectivity index (χ2v) is 7.20. The largest absolute Gasteiger partial charge is 0.480 e. The van der Waals surface area contributed by atoms with Gasteiger partial charge in [0.25, 0.3) is 0 Å². The minimum Gasteiger partial charge on any atom is -0.480 e. The molecular formula is C18H21N3O3. The van der Waals surface area contributed by atoms with E-state index in [1.54, 1.807) is 10.9 Å². The number of rotatable bonds is 4. The lowest BCUT2D eigenvalue weighted by molar-refractivity contribution is -0.147. The molecule has 1 saturated carbocycles. The number of hydrogen-bond donors (Lipinski definition) is 2. The number of nitrogens with zero attached hydrogens (tertiary/aromatic N) is 2. The second kappa shape index (κ2) is 5.47. The van der Waals surface area contributed by atoms with Crippen LogP contribution >= 0.6 is 0 Å². The molecule has 1 heterocycles. The fraction of sp³-hybridized carbons (Fsp3) is 0.389. The molecule has 6 heteroatoms. The number of carboxylic acids is 1. The van der Waals surface area contributed by atoms with E-state index in [1.807, 2.05) is 51.1 Å². The zero-order valence-electron chi connectivity index (χ0n) is 14.0. The van der Waals surface area contributed by atoms with Gasteiger partial charge in [0.15, 0.2) is 0 Å². The van der Waals surface area contributed by atoms with Gasteiger partial charge in [0.2, 0.25) is 5.91 Å². The Kier molecular flexibility index (Phi) is 3.70. The van der Waals surface area contributed by atoms with Gasteiger partial charge in [-0.15, -0.1) is 0 Å². The van der Waals surface area contributed by atoms with Gasteiger partial charge in [-0.1, -0.05) is 30.3 Å². The molecule has 2 N–H and O–H groups in total. The lowest BCUT2D eigenvalue weighted by Gasteiger charge is -2.24. The average Bonchev–Trinajstić information content (AvgIpc) is 3.23. The van der Waals surface area contributed by atoms with Crippen LogP contribution in [-0.4, -0.2) is 26.8 Å². The van der Waals surface area contributed by atoms with E-state index in [-0.39, 0.29) is 5.54 Å². The number of aliphatic carboxylic acids is 1. The average molecular weight is 327 g/mol. The van der Waals surface area contributed by atoms with Crippen LogP contribution in [0.4, 0.5) is 5.82 Å². The lowest BCUT2D eigenvalue weighted by Crippen LogP contribution is -2.34. The third-order valence-electron chi connectivity index (χ3n) is 4.32. The minimum atomic E-state index is -1.29. The Morgan fingerprint density at radius 1 is 1.21 bits per heavy atom. The van der Waals surface area contributed by atoms with E-state index < -0.39 is 17.3 Å². The molecule has 0 bridgehead atoms. The molecule has 3 rings (SSSR count). The van der Waals surface area contributed by atoms with Crippen molar-refractivity contribution in [3.63, 3.8) is 0 Å². The number of carbonyl (C=O) groups excluding carboxylic acids is 1. The fourth-order valence-electron chi connectivity index (χ4n) is 2.70. The Morgan fingerprint density at radius 2 is 1.83 bits per heavy atom. The van der Waals surface area contributed by atoms with Crippen molar-refractivity contribution >= 4 is 17.7 Å². The fourth-order valence-corrected chi connectivity index (χ4v) is 2.70. The summed E-state index contributed by atoms with van der Waals surface area (Å²) in [6, 6.07) is 9.61. The summed E-state index contributed by atoms with van der Waals surface area (Å²) in [6.45, 7) is 5.94. The molecular weight excluding hydrogens is 306 g/mol. The molecule has 2 aromatic rings. The maximum Gasteiger partial charge on any atom is 0.319 e. The predicted octanol–water partition coefficient (Wildman–Crippen LogP) is 3.11. The van der Waals surface area contributed by atoms with Crippen molar-refractivity contribution in [2.75, 3.05) is 5.32 Å². The predicted molar refractivity (Wildman–Crippen MR) is 90.6 cm³/mol. The van der Waals surface area contributed by atoms with Gasteiger partial charge in [0, 0.05) is 5.56 Å². The first kappa shape index (κ1) is 16.2. The van der Waals surface area contributed by atoms with E-state index in [9.17, 15) is 14.7 Å². The van der Waals surface area contributed by atoms with Crippen LogP contribution in [0.25, 0.3) is 11.1 Å². The molecule has 1 aliphatic rings. The van der Waals surface area contributed by atoms with Gasteiger partial charge < -0.3 is 10.4 Å². The summed E-state index contributed by atoms with van der Waals surface area (Å²) in [5, 5.41) is 16.6. The lowest BCUT2D eigenvalue weighted by atomic mass is 10.0. The van der Waals surface area contributed by atoms with Gasteiger partial charge in [-0.2, -0.15) is 5.10 Å². The van der Waals surface area contributed by atoms with E-state index in [2.05, 4.69) is 10.4 Å². The van der Waals surface area contributed by atoms with Crippen molar-refractivity contribution in [2.24, 2.45) is 5.41 Å². The second-order valence-electron chi connectivity index (χ2n) is 7.20. The van der Waals surface area contributed by atoms with E-state index in [0.29, 0.717) is 18.7 Å². The highest BCUT2D eigenvalue weighted by Gasteiger charge is 2.57. The minimum absolute atomic E-state index is 0.352. The van der Waals surface area contributed by atoms with Gasteiger partial charge >= 0.3 is 5.97 Å². The van der Waals surface area contributed by atoms with Gasteiger partial charge in [-0.25, -0.2) is 4.68 Å². The molecule has 1 aromatic carbocycles. The molecule has 0 saturated heterocycles. The molecule has 0 radical (unpaired) electrons. The van der Waals surface area contributed by atoms with Gasteiger partial charge in [0.1, 0.15) is 11.2 Å². The van der Waals surface area contributed by atoms with Crippen molar-refractivity contribution in [1.82, 2.24) is 9.78 Å². The van der Waals surface area contributed by atoms with Crippen LogP contribution in [0.5, 0.6) is 0 Å². The summed E-state index contributed by atoms with van der Waals surface area (Å²) in [5.41, 5.74) is 0.0554. The molecule has 24 heavy (non-hydrogen) atoms. The number of amides is 1. The molecule has 0 spiro atoms. The smallest absolute Gasteiger partial charge is 0.319 e. The van der Waals surface area contributed by atoms with Crippen LogP contribution in [0, 0.1) is 5.41 Å². The van der Waals surface area contributed by atoms with Gasteiger partial charge in [0.05, 0.1) is 11.7 Å². The quantitative estimate of drug-likeness (QED) is 0.845. The Morgan fingerprint density at radius 3 is 2.33 bits per heavy atom. The van der Waals surface area contributed by atoms with Gasteiger partial charge in [-0.3, -0.25) is 9.59 Å². The van der Waals surface area contributed by atoms with Crippen molar-refractivity contribution in [3.8, 4) is 11.1 Å². The summed E-state index contributed by atoms with van der Waals surface area (Å²) < 4.78 is 1.73. The molecule has 0 unspecified atom stereocenters. The van der Waals surface area contributed by atoms with Crippen LogP contribution in [0.3, 0.4) is 0 Å². The number of aromatic nitrogens is 2. The molecule has 0 atom stereocenters. The van der Waals surface area contributed by atoms with Crippen LogP contribution in [0.15, 0.2) is 36.5 Å². The van der Waals surface area contributed by atoms with Crippen LogP contribution in [0.2, 0.25) is 0 Å². The summed E-state index contributed by atoms with van der Waals surface area (Å²) in [6.07, 6.45) is 2.45. The van der Waals surface area contributed by atoms with Crippen molar-refractivity contribution in [1.29, 1.82) is 0 Å². The first-order valence-corrected chi connectivity index (χ1v) is 7.94. The Balaban J connectivity index is 2.03. The van der Waals surface area contributed by atoms with E-state index in [4.69, 9.17) is 0 Å². The zero-order chi connectivity index (χ0) is 17.5. The molecule has 1 amide bonds. The van der Waals surface area contributed by atoms with Crippen LogP contribution in [0.1, 0.15) is 33.6 Å². The Hall–Kier alpha value is -2.63. The molecule has 0 aliphatic heterocycles. The first-order valence-electron chi connectivity index (χ1n) is 7.94. The standard InChI is InChI=1S/C18H21N3O3/c1-17(2,3)21-14(20-15(22)18(9-10-18)16(23)24)13(11-19-21)12-7-5-4-6-8-12/h4-8,11H,9-10H2,1-3H3,(H,20,22)(H,23,24). The maximum atomic E-state index is 12.6. The van der Waals surface area contributed by atoms with Crippen molar-refractivity contribution in [2.45, 2.75) is 39.2 Å². The number of benzene rings is 1. The Bertz CT molecular complexity index is 784. The summed E-state index contributed by atoms with van der Waals surface area (Å²) >= 11 is 0. The summed E-state index contributed by atoms with van der Waals surface area (Å²) in [7, 11) is 0. The first-order chi connectivity index (χ1) is 11.3. The maximum absolute atomic E-state index is 12.6. The van der Waals surface area contributed by atoms with Gasteiger partial charge in [-0.05, 0) is 39.2 Å². The number of carboxylic acid groups (broad SMARTS) is 1. The van der Waals surface area contributed by atoms with E-state index in [1.165, 1.54) is 0 Å². The highest BCUT2D eigenvalue weighted by atomic mass is 16.4. The SMILES string of the molecule is CC(C)(C)n1ncc(-c2ccccc2)c1NC(=O)C1(C(=O)O)CC1. The highest BCUT2D eigenvalue weighted by Crippen LogP contribution is 2.47. The third-order valence-corrected chi connectivity index (χ3v) is 4.32. The van der Waals surface area contributed by atoms with Crippen LogP contribution in [-0.2, 0) is 15.1 Å². The number of anilines is 1. The van der Waals surface area contributed by atoms with E-state index in [0.717, 1.165) is 11.1 Å². The van der Waals surface area contributed by atoms with Crippen molar-refractivity contribution < 1.29 is 14.7 Å². The number of hydrogen-bond acceptors (Lipinski definition) is 3. The monoisotopic (exact) mass is 327 g/mol. The molecule has 1 aromatic heterocycles. The summed E-state index contributed by atoms with van der Waals surface area (Å²) in [5.74, 6) is -1.01. The molecule has 1 aliphatic carbocycles. The number of nitrogens with one attached hydrogen (secondary N) is 1. The van der Waals surface area contributed by atoms with E-state index >= 15 is 0 Å². The molecule has 1 fully saturated rings. The zero-order valence-corrected chi connectivity index (χ0v) is 14.0. The van der Waals surface area contributed by atoms with Crippen LogP contribution < -0.4 is 5.32 Å². The van der Waals surface area contributed by atoms with Crippen molar-refractivity contribution in [3.05, 3.63) is 36.5 Å². The topological polar surface area (TPSA) is 84.2 Å². The molecule has 6 nitrogen and oxygen atoms in total.